The van der Waals surface area contributed by atoms with E-state index in [9.17, 15) is 49.7 Å². The molecule has 1 aromatic heterocycles. The molecule has 0 spiro atoms. The first kappa shape index (κ1) is 52.1. The first-order valence-electron chi connectivity index (χ1n) is 23.3. The minimum atomic E-state index is -1.03. The van der Waals surface area contributed by atoms with E-state index >= 15 is 0 Å². The number of aromatic hydroxyl groups is 1. The van der Waals surface area contributed by atoms with E-state index in [1.807, 2.05) is 23.1 Å². The summed E-state index contributed by atoms with van der Waals surface area (Å²) in [7, 11) is 0. The molecule has 6 rings (SSSR count). The molecule has 2 saturated heterocycles. The molecule has 2 amide bonds. The second kappa shape index (κ2) is 25.3. The van der Waals surface area contributed by atoms with Crippen LogP contribution < -0.4 is 19.9 Å². The Morgan fingerprint density at radius 3 is 2.03 bits per heavy atom. The maximum atomic E-state index is 13.2. The largest absolute Gasteiger partial charge is 0.508 e. The number of carboxylic acid groups (broad SMARTS) is 3. The standard InChI is InChI=1S/C47H62ClN11O10/c1-2-41(62)59-23-22-58(27-34(59)9-11-49)46-36-10-13-57(39-26-35(60)25-33-7-6-8-37(48)45(33)39)28-38(36)51-47(52-46)69-24-5-3-4-12-50-40(61)29-53-14-16-54(30-42(63)64)18-20-56(32-44(67)68)21-19-55(17-15-53)31-43(65)66/h2,6-8,25-26,34,60H,1,3-5,9-10,12-24,27-32H2,(H,50,61)(H,63,64)(H,65,66)(H,67,68)/t34-/m0/s1. The molecule has 0 aliphatic carbocycles. The van der Waals surface area contributed by atoms with Gasteiger partial charge in [0.05, 0.1) is 74.3 Å². The predicted octanol–water partition coefficient (Wildman–Crippen LogP) is 1.81. The third kappa shape index (κ3) is 15.1. The number of aliphatic carboxylic acids is 3. The van der Waals surface area contributed by atoms with Crippen molar-refractivity contribution in [2.24, 2.45) is 0 Å². The van der Waals surface area contributed by atoms with Crippen LogP contribution in [0.15, 0.2) is 43.0 Å². The summed E-state index contributed by atoms with van der Waals surface area (Å²) in [5.74, 6) is -2.73. The van der Waals surface area contributed by atoms with Crippen molar-refractivity contribution in [1.82, 2.24) is 39.8 Å². The Hall–Kier alpha value is -6.31. The van der Waals surface area contributed by atoms with Crippen molar-refractivity contribution < 1.29 is 49.1 Å². The molecule has 0 unspecified atom stereocenters. The maximum absolute atomic E-state index is 13.2. The predicted molar refractivity (Wildman–Crippen MR) is 257 cm³/mol. The number of unbranched alkanes of at least 4 members (excludes halogenated alkanes) is 2. The Kier molecular flexibility index (Phi) is 19.1. The van der Waals surface area contributed by atoms with Gasteiger partial charge in [-0.15, -0.1) is 0 Å². The molecule has 2 fully saturated rings. The lowest BCUT2D eigenvalue weighted by Crippen LogP contribution is -2.55. The molecule has 22 heteroatoms. The zero-order valence-electron chi connectivity index (χ0n) is 38.8. The summed E-state index contributed by atoms with van der Waals surface area (Å²) >= 11 is 6.72. The Morgan fingerprint density at radius 1 is 0.812 bits per heavy atom. The number of phenolic OH excluding ortho intramolecular Hbond substituents is 1. The molecule has 69 heavy (non-hydrogen) atoms. The second-order valence-corrected chi connectivity index (χ2v) is 17.9. The average molecular weight is 977 g/mol. The first-order valence-corrected chi connectivity index (χ1v) is 23.6. The fourth-order valence-corrected chi connectivity index (χ4v) is 9.37. The van der Waals surface area contributed by atoms with E-state index < -0.39 is 17.9 Å². The van der Waals surface area contributed by atoms with Crippen LogP contribution in [-0.4, -0.2) is 209 Å². The third-order valence-electron chi connectivity index (χ3n) is 12.6. The Morgan fingerprint density at radius 2 is 1.43 bits per heavy atom. The SMILES string of the molecule is C=CC(=O)N1CCN(c2nc(OCCCCCNC(=O)CN3CCN(CC(=O)O)CCN(CC(=O)O)CCN(CC(=O)O)CC3)nc3c2CCN(c2cc(O)cc4cccc(Cl)c24)C3)C[C@@H]1CC#N. The van der Waals surface area contributed by atoms with Crippen molar-refractivity contribution in [2.75, 3.05) is 128 Å². The van der Waals surface area contributed by atoms with Crippen LogP contribution in [0.2, 0.25) is 5.02 Å². The van der Waals surface area contributed by atoms with Crippen LogP contribution in [0.3, 0.4) is 0 Å². The number of ether oxygens (including phenoxy) is 1. The lowest BCUT2D eigenvalue weighted by molar-refractivity contribution is -0.140. The number of fused-ring (bicyclic) bond motifs is 2. The third-order valence-corrected chi connectivity index (χ3v) is 12.9. The van der Waals surface area contributed by atoms with E-state index in [-0.39, 0.29) is 88.4 Å². The number of nitriles is 1. The number of amides is 2. The number of anilines is 2. The van der Waals surface area contributed by atoms with Gasteiger partial charge < -0.3 is 45.2 Å². The Bertz CT molecular complexity index is 2340. The first-order chi connectivity index (χ1) is 33.2. The summed E-state index contributed by atoms with van der Waals surface area (Å²) in [5, 5.41) is 54.0. The van der Waals surface area contributed by atoms with E-state index in [1.54, 1.807) is 31.7 Å². The summed E-state index contributed by atoms with van der Waals surface area (Å²) in [4.78, 5) is 83.4. The van der Waals surface area contributed by atoms with Crippen LogP contribution in [0.5, 0.6) is 11.8 Å². The van der Waals surface area contributed by atoms with Gasteiger partial charge in [-0.25, -0.2) is 0 Å². The number of carbonyl (C=O) groups excluding carboxylic acids is 2. The molecular weight excluding hydrogens is 914 g/mol. The zero-order valence-corrected chi connectivity index (χ0v) is 39.6. The smallest absolute Gasteiger partial charge is 0.318 e. The number of hydrogen-bond donors (Lipinski definition) is 5. The highest BCUT2D eigenvalue weighted by molar-refractivity contribution is 6.36. The quantitative estimate of drug-likeness (QED) is 0.0848. The van der Waals surface area contributed by atoms with Gasteiger partial charge in [-0.05, 0) is 49.3 Å². The van der Waals surface area contributed by atoms with Gasteiger partial charge in [-0.2, -0.15) is 15.2 Å². The Labute approximate surface area is 406 Å². The number of nitrogens with zero attached hydrogens (tertiary/aromatic N) is 10. The number of carbonyl (C=O) groups is 5. The van der Waals surface area contributed by atoms with Crippen molar-refractivity contribution in [3.8, 4) is 17.8 Å². The molecule has 5 N–H and O–H groups in total. The highest BCUT2D eigenvalue weighted by atomic mass is 35.5. The lowest BCUT2D eigenvalue weighted by Gasteiger charge is -2.42. The molecule has 4 heterocycles. The minimum Gasteiger partial charge on any atom is -0.508 e. The lowest BCUT2D eigenvalue weighted by atomic mass is 10.0. The van der Waals surface area contributed by atoms with Gasteiger partial charge in [0.25, 0.3) is 0 Å². The van der Waals surface area contributed by atoms with Gasteiger partial charge in [0.15, 0.2) is 0 Å². The van der Waals surface area contributed by atoms with Gasteiger partial charge in [-0.3, -0.25) is 43.6 Å². The fourth-order valence-electron chi connectivity index (χ4n) is 9.09. The average Bonchev–Trinajstić information content (AvgIpc) is 3.30. The summed E-state index contributed by atoms with van der Waals surface area (Å²) in [5.41, 5.74) is 2.46. The van der Waals surface area contributed by atoms with Crippen LogP contribution in [0.25, 0.3) is 10.8 Å². The molecule has 3 aromatic rings. The van der Waals surface area contributed by atoms with Gasteiger partial charge in [-0.1, -0.05) is 30.3 Å². The highest BCUT2D eigenvalue weighted by Crippen LogP contribution is 2.39. The molecule has 1 atom stereocenters. The molecule has 3 aliphatic heterocycles. The number of aromatic nitrogens is 2. The maximum Gasteiger partial charge on any atom is 0.318 e. The van der Waals surface area contributed by atoms with E-state index in [0.717, 1.165) is 27.7 Å². The number of halogens is 1. The molecule has 2 aromatic carbocycles. The zero-order chi connectivity index (χ0) is 49.5. The second-order valence-electron chi connectivity index (χ2n) is 17.5. The number of carboxylic acids is 3. The summed E-state index contributed by atoms with van der Waals surface area (Å²) in [6.07, 6.45) is 3.98. The monoisotopic (exact) mass is 975 g/mol. The van der Waals surface area contributed by atoms with E-state index in [4.69, 9.17) is 26.3 Å². The van der Waals surface area contributed by atoms with Crippen molar-refractivity contribution in [3.05, 3.63) is 59.3 Å². The van der Waals surface area contributed by atoms with E-state index in [2.05, 4.69) is 27.8 Å². The number of phenols is 1. The number of benzene rings is 2. The van der Waals surface area contributed by atoms with Crippen LogP contribution in [0, 0.1) is 11.3 Å². The number of piperazine rings is 1. The normalized spacial score (nSPS) is 18.1. The summed E-state index contributed by atoms with van der Waals surface area (Å²) in [6, 6.07) is 11.0. The molecular formula is C47H62ClN11O10. The molecule has 0 saturated carbocycles. The van der Waals surface area contributed by atoms with Crippen LogP contribution in [-0.2, 0) is 36.9 Å². The van der Waals surface area contributed by atoms with Crippen LogP contribution in [0.1, 0.15) is 36.9 Å². The Balaban J connectivity index is 1.07. The van der Waals surface area contributed by atoms with Gasteiger partial charge in [0.2, 0.25) is 11.8 Å². The van der Waals surface area contributed by atoms with Gasteiger partial charge in [0, 0.05) is 102 Å². The number of rotatable bonds is 19. The summed E-state index contributed by atoms with van der Waals surface area (Å²) in [6.45, 7) is 8.27. The van der Waals surface area contributed by atoms with E-state index in [1.165, 1.54) is 6.08 Å². The van der Waals surface area contributed by atoms with Crippen molar-refractivity contribution in [2.45, 2.75) is 44.7 Å². The number of hydrogen-bond acceptors (Lipinski definition) is 16. The molecule has 21 nitrogen and oxygen atoms in total. The van der Waals surface area contributed by atoms with Crippen molar-refractivity contribution in [3.63, 3.8) is 0 Å². The minimum absolute atomic E-state index is 0.0249. The van der Waals surface area contributed by atoms with Crippen molar-refractivity contribution in [1.29, 1.82) is 5.26 Å². The molecule has 372 valence electrons. The summed E-state index contributed by atoms with van der Waals surface area (Å²) < 4.78 is 6.22. The van der Waals surface area contributed by atoms with Crippen LogP contribution in [0.4, 0.5) is 11.5 Å². The van der Waals surface area contributed by atoms with Gasteiger partial charge in [0.1, 0.15) is 11.6 Å². The van der Waals surface area contributed by atoms with Crippen LogP contribution >= 0.6 is 11.6 Å². The highest BCUT2D eigenvalue weighted by Gasteiger charge is 2.34. The van der Waals surface area contributed by atoms with Crippen molar-refractivity contribution >= 4 is 63.6 Å². The molecule has 0 bridgehead atoms. The molecule has 3 aliphatic rings. The topological polar surface area (TPSA) is 260 Å². The molecule has 0 radical (unpaired) electrons. The number of nitrogens with one attached hydrogen (secondary N) is 1. The van der Waals surface area contributed by atoms with Gasteiger partial charge >= 0.3 is 23.9 Å². The van der Waals surface area contributed by atoms with E-state index in [0.29, 0.717) is 109 Å². The fraction of sp³-hybridized carbons (Fsp3) is 0.532.